The third-order valence-electron chi connectivity index (χ3n) is 4.66. The normalized spacial score (nSPS) is 10.8. The first-order valence-electron chi connectivity index (χ1n) is 9.46. The predicted molar refractivity (Wildman–Crippen MR) is 112 cm³/mol. The van der Waals surface area contributed by atoms with E-state index in [9.17, 15) is 4.79 Å². The maximum absolute atomic E-state index is 12.3. The molecule has 0 aliphatic carbocycles. The summed E-state index contributed by atoms with van der Waals surface area (Å²) in [4.78, 5) is 16.9. The molecule has 6 nitrogen and oxygen atoms in total. The van der Waals surface area contributed by atoms with Crippen LogP contribution in [0.25, 0.3) is 11.5 Å². The highest BCUT2D eigenvalue weighted by Crippen LogP contribution is 2.24. The third-order valence-corrected chi connectivity index (χ3v) is 4.66. The van der Waals surface area contributed by atoms with Gasteiger partial charge in [-0.3, -0.25) is 9.48 Å². The zero-order valence-electron chi connectivity index (χ0n) is 16.4. The van der Waals surface area contributed by atoms with Crippen LogP contribution in [-0.4, -0.2) is 20.7 Å². The van der Waals surface area contributed by atoms with E-state index in [0.29, 0.717) is 18.9 Å². The quantitative estimate of drug-likeness (QED) is 0.534. The molecule has 0 aliphatic heterocycles. The van der Waals surface area contributed by atoms with Gasteiger partial charge in [0.1, 0.15) is 11.5 Å². The molecule has 146 valence electrons. The van der Waals surface area contributed by atoms with Crippen LogP contribution >= 0.6 is 0 Å². The van der Waals surface area contributed by atoms with Gasteiger partial charge in [-0.15, -0.1) is 0 Å². The summed E-state index contributed by atoms with van der Waals surface area (Å²) < 4.78 is 7.63. The van der Waals surface area contributed by atoms with E-state index >= 15 is 0 Å². The molecule has 2 aromatic carbocycles. The Labute approximate surface area is 169 Å². The molecule has 0 saturated carbocycles. The van der Waals surface area contributed by atoms with Gasteiger partial charge in [0.2, 0.25) is 11.8 Å². The monoisotopic (exact) mass is 386 g/mol. The number of aryl methyl sites for hydroxylation is 2. The van der Waals surface area contributed by atoms with Crippen LogP contribution < -0.4 is 5.32 Å². The highest BCUT2D eigenvalue weighted by molar-refractivity contribution is 5.92. The summed E-state index contributed by atoms with van der Waals surface area (Å²) in [6.45, 7) is 4.49. The van der Waals surface area contributed by atoms with Crippen LogP contribution in [0.1, 0.15) is 22.6 Å². The summed E-state index contributed by atoms with van der Waals surface area (Å²) >= 11 is 0. The summed E-state index contributed by atoms with van der Waals surface area (Å²) in [5, 5.41) is 7.13. The molecule has 0 saturated heterocycles. The highest BCUT2D eigenvalue weighted by Gasteiger charge is 2.12. The van der Waals surface area contributed by atoms with E-state index in [1.54, 1.807) is 10.9 Å². The number of nitrogens with one attached hydrogen (secondary N) is 1. The van der Waals surface area contributed by atoms with E-state index in [1.165, 1.54) is 5.56 Å². The number of nitrogens with zero attached hydrogens (tertiary/aromatic N) is 3. The van der Waals surface area contributed by atoms with Crippen LogP contribution in [0, 0.1) is 13.8 Å². The largest absolute Gasteiger partial charge is 0.441 e. The number of aromatic nitrogens is 3. The number of carbonyl (C=O) groups is 1. The minimum Gasteiger partial charge on any atom is -0.441 e. The Morgan fingerprint density at radius 3 is 2.52 bits per heavy atom. The van der Waals surface area contributed by atoms with Gasteiger partial charge in [-0.1, -0.05) is 29.8 Å². The van der Waals surface area contributed by atoms with Gasteiger partial charge in [0.05, 0.1) is 13.0 Å². The molecule has 0 spiro atoms. The molecular formula is C23H22N4O2. The van der Waals surface area contributed by atoms with Gasteiger partial charge in [-0.25, -0.2) is 4.98 Å². The Balaban J connectivity index is 1.41. The van der Waals surface area contributed by atoms with E-state index in [-0.39, 0.29) is 5.91 Å². The van der Waals surface area contributed by atoms with Gasteiger partial charge in [0.25, 0.3) is 0 Å². The van der Waals surface area contributed by atoms with Crippen molar-refractivity contribution in [2.45, 2.75) is 26.8 Å². The van der Waals surface area contributed by atoms with Gasteiger partial charge in [0.15, 0.2) is 0 Å². The van der Waals surface area contributed by atoms with Crippen LogP contribution in [-0.2, 0) is 17.8 Å². The highest BCUT2D eigenvalue weighted by atomic mass is 16.4. The van der Waals surface area contributed by atoms with Gasteiger partial charge in [-0.2, -0.15) is 5.10 Å². The molecule has 0 unspecified atom stereocenters. The first kappa shape index (κ1) is 18.7. The Morgan fingerprint density at radius 1 is 1.07 bits per heavy atom. The second kappa shape index (κ2) is 8.14. The summed E-state index contributed by atoms with van der Waals surface area (Å²) in [6.07, 6.45) is 3.97. The fourth-order valence-electron chi connectivity index (χ4n) is 3.04. The van der Waals surface area contributed by atoms with Crippen molar-refractivity contribution in [3.63, 3.8) is 0 Å². The molecule has 29 heavy (non-hydrogen) atoms. The Hall–Kier alpha value is -3.67. The fraction of sp³-hybridized carbons (Fsp3) is 0.174. The average molecular weight is 386 g/mol. The van der Waals surface area contributed by atoms with Crippen molar-refractivity contribution in [3.05, 3.63) is 89.6 Å². The molecule has 0 atom stereocenters. The van der Waals surface area contributed by atoms with Crippen molar-refractivity contribution >= 4 is 11.6 Å². The zero-order chi connectivity index (χ0) is 20.2. The van der Waals surface area contributed by atoms with Crippen LogP contribution in [0.5, 0.6) is 0 Å². The van der Waals surface area contributed by atoms with Crippen LogP contribution in [0.4, 0.5) is 5.69 Å². The number of benzene rings is 2. The molecule has 1 N–H and O–H groups in total. The molecule has 6 heteroatoms. The minimum atomic E-state index is -0.0462. The van der Waals surface area contributed by atoms with Crippen LogP contribution in [0.3, 0.4) is 0 Å². The first-order chi connectivity index (χ1) is 14.1. The van der Waals surface area contributed by atoms with Gasteiger partial charge in [-0.05, 0) is 49.7 Å². The van der Waals surface area contributed by atoms with Crippen molar-refractivity contribution in [2.24, 2.45) is 0 Å². The van der Waals surface area contributed by atoms with Gasteiger partial charge < -0.3 is 9.73 Å². The van der Waals surface area contributed by atoms with E-state index in [1.807, 2.05) is 74.6 Å². The standard InChI is InChI=1S/C23H22N4O2/c1-16-4-6-18(7-5-16)14-22(28)25-20-10-8-19(9-11-20)23-26-21(17(2)29-23)15-27-13-3-12-24-27/h3-13H,14-15H2,1-2H3,(H,25,28). The van der Waals surface area contributed by atoms with Gasteiger partial charge in [0, 0.05) is 23.6 Å². The number of amides is 1. The Bertz CT molecular complexity index is 1100. The van der Waals surface area contributed by atoms with E-state index in [0.717, 1.165) is 28.3 Å². The van der Waals surface area contributed by atoms with Crippen molar-refractivity contribution < 1.29 is 9.21 Å². The van der Waals surface area contributed by atoms with Crippen LogP contribution in [0.2, 0.25) is 0 Å². The molecule has 0 radical (unpaired) electrons. The molecule has 4 aromatic rings. The third kappa shape index (κ3) is 4.60. The SMILES string of the molecule is Cc1ccc(CC(=O)Nc2ccc(-c3nc(Cn4cccn4)c(C)o3)cc2)cc1. The van der Waals surface area contributed by atoms with Crippen molar-refractivity contribution in [1.29, 1.82) is 0 Å². The Kier molecular flexibility index (Phi) is 5.24. The molecule has 2 heterocycles. The average Bonchev–Trinajstić information content (AvgIpc) is 3.35. The lowest BCUT2D eigenvalue weighted by Gasteiger charge is -2.06. The van der Waals surface area contributed by atoms with E-state index < -0.39 is 0 Å². The summed E-state index contributed by atoms with van der Waals surface area (Å²) in [5.41, 5.74) is 4.62. The summed E-state index contributed by atoms with van der Waals surface area (Å²) in [5.74, 6) is 1.28. The lowest BCUT2D eigenvalue weighted by molar-refractivity contribution is -0.115. The molecule has 0 aliphatic rings. The van der Waals surface area contributed by atoms with Crippen molar-refractivity contribution in [1.82, 2.24) is 14.8 Å². The van der Waals surface area contributed by atoms with E-state index in [2.05, 4.69) is 15.4 Å². The zero-order valence-corrected chi connectivity index (χ0v) is 16.4. The second-order valence-electron chi connectivity index (χ2n) is 7.01. The number of carbonyl (C=O) groups excluding carboxylic acids is 1. The number of hydrogen-bond donors (Lipinski definition) is 1. The molecular weight excluding hydrogens is 364 g/mol. The van der Waals surface area contributed by atoms with Crippen LogP contribution in [0.15, 0.2) is 71.4 Å². The lowest BCUT2D eigenvalue weighted by Crippen LogP contribution is -2.14. The van der Waals surface area contributed by atoms with Crippen molar-refractivity contribution in [3.8, 4) is 11.5 Å². The molecule has 0 bridgehead atoms. The fourth-order valence-corrected chi connectivity index (χ4v) is 3.04. The first-order valence-corrected chi connectivity index (χ1v) is 9.46. The Morgan fingerprint density at radius 2 is 1.83 bits per heavy atom. The summed E-state index contributed by atoms with van der Waals surface area (Å²) in [7, 11) is 0. The number of rotatable bonds is 6. The molecule has 1 amide bonds. The molecule has 4 rings (SSSR count). The maximum Gasteiger partial charge on any atom is 0.228 e. The maximum atomic E-state index is 12.3. The summed E-state index contributed by atoms with van der Waals surface area (Å²) in [6, 6.07) is 17.3. The number of oxazole rings is 1. The van der Waals surface area contributed by atoms with E-state index in [4.69, 9.17) is 4.42 Å². The predicted octanol–water partition coefficient (Wildman–Crippen LogP) is 4.38. The molecule has 2 aromatic heterocycles. The van der Waals surface area contributed by atoms with Gasteiger partial charge >= 0.3 is 0 Å². The minimum absolute atomic E-state index is 0.0462. The topological polar surface area (TPSA) is 73.0 Å². The second-order valence-corrected chi connectivity index (χ2v) is 7.01. The smallest absolute Gasteiger partial charge is 0.228 e. The molecule has 0 fully saturated rings. The number of anilines is 1. The lowest BCUT2D eigenvalue weighted by atomic mass is 10.1. The number of hydrogen-bond acceptors (Lipinski definition) is 4. The van der Waals surface area contributed by atoms with Crippen molar-refractivity contribution in [2.75, 3.05) is 5.32 Å².